The van der Waals surface area contributed by atoms with Gasteiger partial charge in [-0.1, -0.05) is 46.1 Å². The van der Waals surface area contributed by atoms with Gasteiger partial charge in [-0.3, -0.25) is 19.2 Å². The normalized spacial score (nSPS) is 23.6. The summed E-state index contributed by atoms with van der Waals surface area (Å²) in [7, 11) is 2.01. The first kappa shape index (κ1) is 26.1. The molecule has 4 N–H and O–H groups in total. The average molecular weight is 516 g/mol. The van der Waals surface area contributed by atoms with Gasteiger partial charge in [-0.05, 0) is 33.2 Å². The Morgan fingerprint density at radius 2 is 1.86 bits per heavy atom. The number of nitrogens with zero attached hydrogens (tertiary/aromatic N) is 1. The Labute approximate surface area is 213 Å². The molecule has 5 amide bonds. The molecule has 2 fully saturated rings. The lowest BCUT2D eigenvalue weighted by Crippen LogP contribution is -2.60. The average Bonchev–Trinajstić information content (AvgIpc) is 3.54. The number of rotatable bonds is 9. The molecule has 36 heavy (non-hydrogen) atoms. The number of Topliss-reactive ketones (excluding diaryl/α,β-unsaturated/α-hetero) is 1. The molecule has 10 nitrogen and oxygen atoms in total. The number of allylic oxidation sites excluding steroid dienone is 2. The fraction of sp³-hybridized carbons (Fsp3) is 0.600. The standard InChI is InChI=1S/C25H34N5O5P/c1-25(2,3)20(28-24(35)26-15-8-9-15)23(34)30-12-14-7-10-16(14)18(30)21(32)27-17(11-13-5-4-6-13)19(31)22(33)29-36/h8,10,13,16-18,20H,4-6,9,11-12,36H2,1-3H3,(H,27,32)(H,29,33)(H2,26,28,35)/t16-,17?,18-,20+/m0/s1. The molecule has 194 valence electrons. The van der Waals surface area contributed by atoms with Gasteiger partial charge in [-0.25, -0.2) is 4.79 Å². The third-order valence-electron chi connectivity index (χ3n) is 7.27. The van der Waals surface area contributed by atoms with Gasteiger partial charge in [0.2, 0.25) is 17.6 Å². The summed E-state index contributed by atoms with van der Waals surface area (Å²) >= 11 is 0. The molecule has 1 saturated heterocycles. The molecule has 0 aromatic carbocycles. The minimum absolute atomic E-state index is 0.215. The van der Waals surface area contributed by atoms with E-state index in [0.29, 0.717) is 12.8 Å². The Balaban J connectivity index is 1.52. The number of carbonyl (C=O) groups is 5. The van der Waals surface area contributed by atoms with Gasteiger partial charge in [0.15, 0.2) is 0 Å². The fourth-order valence-corrected chi connectivity index (χ4v) is 4.93. The molecule has 0 aromatic heterocycles. The number of hydrogen-bond acceptors (Lipinski definition) is 5. The smallest absolute Gasteiger partial charge is 0.319 e. The number of amides is 5. The third-order valence-corrected chi connectivity index (χ3v) is 7.53. The predicted octanol–water partition coefficient (Wildman–Crippen LogP) is 1.06. The molecule has 0 aromatic rings. The zero-order chi connectivity index (χ0) is 26.2. The number of hydrogen-bond donors (Lipinski definition) is 4. The van der Waals surface area contributed by atoms with E-state index in [4.69, 9.17) is 0 Å². The Morgan fingerprint density at radius 3 is 2.36 bits per heavy atom. The summed E-state index contributed by atoms with van der Waals surface area (Å²) in [5.41, 5.74) is 4.06. The molecule has 4 rings (SSSR count). The Hall–Kier alpha value is -2.96. The van der Waals surface area contributed by atoms with Crippen molar-refractivity contribution in [3.8, 4) is 0 Å². The zero-order valence-corrected chi connectivity index (χ0v) is 22.0. The van der Waals surface area contributed by atoms with E-state index in [-0.39, 0.29) is 24.3 Å². The largest absolute Gasteiger partial charge is 0.344 e. The summed E-state index contributed by atoms with van der Waals surface area (Å²) in [4.78, 5) is 66.0. The second-order valence-corrected chi connectivity index (χ2v) is 11.3. The first-order valence-electron chi connectivity index (χ1n) is 12.4. The lowest BCUT2D eigenvalue weighted by Gasteiger charge is -2.36. The van der Waals surface area contributed by atoms with Gasteiger partial charge in [0.05, 0.1) is 12.6 Å². The maximum absolute atomic E-state index is 13.8. The summed E-state index contributed by atoms with van der Waals surface area (Å²) in [6, 6.07) is -3.21. The third kappa shape index (κ3) is 5.55. The number of carbonyl (C=O) groups excluding carboxylic acids is 5. The molecular weight excluding hydrogens is 481 g/mol. The van der Waals surface area contributed by atoms with Crippen LogP contribution in [0.25, 0.3) is 0 Å². The maximum Gasteiger partial charge on any atom is 0.319 e. The highest BCUT2D eigenvalue weighted by Crippen LogP contribution is 2.37. The first-order valence-corrected chi connectivity index (χ1v) is 12.9. The van der Waals surface area contributed by atoms with Gasteiger partial charge in [0.25, 0.3) is 5.91 Å². The highest BCUT2D eigenvalue weighted by Gasteiger charge is 2.50. The lowest BCUT2D eigenvalue weighted by atomic mass is 9.80. The fourth-order valence-electron chi connectivity index (χ4n) is 4.79. The molecule has 5 atom stereocenters. The summed E-state index contributed by atoms with van der Waals surface area (Å²) in [6.45, 7) is 5.75. The molecule has 1 saturated carbocycles. The van der Waals surface area contributed by atoms with Crippen molar-refractivity contribution in [2.75, 3.05) is 6.54 Å². The van der Waals surface area contributed by atoms with Crippen LogP contribution in [-0.4, -0.2) is 59.1 Å². The van der Waals surface area contributed by atoms with E-state index in [9.17, 15) is 24.0 Å². The van der Waals surface area contributed by atoms with E-state index < -0.39 is 47.2 Å². The molecule has 4 aliphatic rings. The van der Waals surface area contributed by atoms with Crippen molar-refractivity contribution in [2.45, 2.75) is 71.0 Å². The molecule has 0 spiro atoms. The van der Waals surface area contributed by atoms with Gasteiger partial charge >= 0.3 is 6.03 Å². The summed E-state index contributed by atoms with van der Waals surface area (Å²) in [6.07, 6.45) is 7.67. The van der Waals surface area contributed by atoms with E-state index in [2.05, 4.69) is 26.8 Å². The molecular formula is C25H34N5O5P. The van der Waals surface area contributed by atoms with E-state index in [1.165, 1.54) is 4.90 Å². The number of likely N-dealkylation sites (tertiary alicyclic amines) is 1. The molecule has 1 heterocycles. The number of nitrogens with one attached hydrogen (secondary N) is 4. The van der Waals surface area contributed by atoms with Crippen LogP contribution >= 0.6 is 9.39 Å². The Kier molecular flexibility index (Phi) is 7.39. The van der Waals surface area contributed by atoms with E-state index >= 15 is 0 Å². The first-order chi connectivity index (χ1) is 17.0. The van der Waals surface area contributed by atoms with Crippen molar-refractivity contribution in [3.05, 3.63) is 29.2 Å². The van der Waals surface area contributed by atoms with Crippen LogP contribution in [0.5, 0.6) is 0 Å². The highest BCUT2D eigenvalue weighted by atomic mass is 31.0. The molecule has 0 bridgehead atoms. The van der Waals surface area contributed by atoms with Gasteiger partial charge in [-0.15, -0.1) is 5.73 Å². The predicted molar refractivity (Wildman–Crippen MR) is 135 cm³/mol. The van der Waals surface area contributed by atoms with Crippen molar-refractivity contribution in [1.82, 2.24) is 25.9 Å². The second kappa shape index (κ2) is 10.2. The minimum atomic E-state index is -0.966. The number of urea groups is 1. The topological polar surface area (TPSA) is 137 Å². The molecule has 1 aliphatic heterocycles. The molecule has 2 unspecified atom stereocenters. The van der Waals surface area contributed by atoms with Gasteiger partial charge in [0, 0.05) is 23.6 Å². The van der Waals surface area contributed by atoms with E-state index in [1.54, 1.807) is 6.08 Å². The van der Waals surface area contributed by atoms with Gasteiger partial charge < -0.3 is 25.9 Å². The Morgan fingerprint density at radius 1 is 1.17 bits per heavy atom. The van der Waals surface area contributed by atoms with Crippen LogP contribution in [0.4, 0.5) is 4.79 Å². The summed E-state index contributed by atoms with van der Waals surface area (Å²) in [5, 5.41) is 10.5. The number of ketones is 1. The van der Waals surface area contributed by atoms with Crippen molar-refractivity contribution >= 4 is 38.9 Å². The maximum atomic E-state index is 13.8. The molecule has 11 heteroatoms. The van der Waals surface area contributed by atoms with Crippen LogP contribution in [0, 0.1) is 17.3 Å². The van der Waals surface area contributed by atoms with Crippen molar-refractivity contribution in [1.29, 1.82) is 0 Å². The van der Waals surface area contributed by atoms with Crippen molar-refractivity contribution < 1.29 is 24.0 Å². The Bertz CT molecular complexity index is 1080. The van der Waals surface area contributed by atoms with Crippen LogP contribution in [-0.2, 0) is 19.2 Å². The minimum Gasteiger partial charge on any atom is -0.344 e. The summed E-state index contributed by atoms with van der Waals surface area (Å²) < 4.78 is 0. The van der Waals surface area contributed by atoms with Crippen LogP contribution < -0.4 is 21.0 Å². The van der Waals surface area contributed by atoms with Crippen LogP contribution in [0.15, 0.2) is 29.2 Å². The van der Waals surface area contributed by atoms with Gasteiger partial charge in [0.1, 0.15) is 12.1 Å². The van der Waals surface area contributed by atoms with Crippen LogP contribution in [0.2, 0.25) is 0 Å². The lowest BCUT2D eigenvalue weighted by molar-refractivity contribution is -0.144. The van der Waals surface area contributed by atoms with E-state index in [0.717, 1.165) is 30.5 Å². The highest BCUT2D eigenvalue weighted by molar-refractivity contribution is 7.15. The van der Waals surface area contributed by atoms with Crippen molar-refractivity contribution in [2.24, 2.45) is 17.3 Å². The zero-order valence-electron chi connectivity index (χ0n) is 20.8. The quantitative estimate of drug-likeness (QED) is 0.207. The monoisotopic (exact) mass is 515 g/mol. The van der Waals surface area contributed by atoms with Gasteiger partial charge in [-0.2, -0.15) is 0 Å². The van der Waals surface area contributed by atoms with Crippen molar-refractivity contribution in [3.63, 3.8) is 0 Å². The summed E-state index contributed by atoms with van der Waals surface area (Å²) in [5.74, 6) is -2.41. The molecule has 0 radical (unpaired) electrons. The second-order valence-electron chi connectivity index (χ2n) is 11.0. The SMILES string of the molecule is CC(C)(C)[C@H](NC(=O)NC1=CC1)C(=O)N1CC2=C=C[C@@H]2[C@H]1C(=O)NC(CC1CCC1)C(=O)C(=O)NP. The van der Waals surface area contributed by atoms with E-state index in [1.807, 2.05) is 36.2 Å². The van der Waals surface area contributed by atoms with Crippen LogP contribution in [0.1, 0.15) is 52.9 Å². The molecule has 3 aliphatic carbocycles. The number of fused-ring (bicyclic) bond motifs is 1. The van der Waals surface area contributed by atoms with Crippen LogP contribution in [0.3, 0.4) is 0 Å².